The summed E-state index contributed by atoms with van der Waals surface area (Å²) in [6, 6.07) is 6.06. The number of aryl methyl sites for hydroxylation is 1. The van der Waals surface area contributed by atoms with Gasteiger partial charge in [0.2, 0.25) is 0 Å². The summed E-state index contributed by atoms with van der Waals surface area (Å²) >= 11 is 12.1. The summed E-state index contributed by atoms with van der Waals surface area (Å²) in [6.07, 6.45) is 6.15. The second-order valence-electron chi connectivity index (χ2n) is 6.20. The summed E-state index contributed by atoms with van der Waals surface area (Å²) in [4.78, 5) is 4.30. The highest BCUT2D eigenvalue weighted by Gasteiger charge is 2.41. The SMILES string of the molecule is CN=C(NCCCc1ccc(Cl)cc1Cl)NC1CC2CCC1O2. The molecular formula is C17H23Cl2N3O. The predicted octanol–water partition coefficient (Wildman–Crippen LogP) is 3.41. The molecule has 2 heterocycles. The third-order valence-corrected chi connectivity index (χ3v) is 5.17. The van der Waals surface area contributed by atoms with Crippen molar-refractivity contribution < 1.29 is 4.74 Å². The number of aliphatic imine (C=N–C) groups is 1. The van der Waals surface area contributed by atoms with Crippen LogP contribution in [0.4, 0.5) is 0 Å². The minimum absolute atomic E-state index is 0.353. The number of hydrogen-bond donors (Lipinski definition) is 2. The molecule has 3 atom stereocenters. The minimum Gasteiger partial charge on any atom is -0.373 e. The molecule has 3 rings (SSSR count). The van der Waals surface area contributed by atoms with Crippen LogP contribution in [0.15, 0.2) is 23.2 Å². The number of hydrogen-bond acceptors (Lipinski definition) is 2. The summed E-state index contributed by atoms with van der Waals surface area (Å²) in [5.41, 5.74) is 1.13. The Kier molecular flexibility index (Phi) is 5.67. The summed E-state index contributed by atoms with van der Waals surface area (Å²) in [5.74, 6) is 0.855. The topological polar surface area (TPSA) is 45.7 Å². The van der Waals surface area contributed by atoms with Crippen LogP contribution >= 0.6 is 23.2 Å². The molecule has 2 saturated heterocycles. The van der Waals surface area contributed by atoms with E-state index in [4.69, 9.17) is 27.9 Å². The van der Waals surface area contributed by atoms with Crippen LogP contribution in [-0.4, -0.2) is 37.8 Å². The van der Waals surface area contributed by atoms with Crippen LogP contribution in [0.3, 0.4) is 0 Å². The number of nitrogens with zero attached hydrogens (tertiary/aromatic N) is 1. The van der Waals surface area contributed by atoms with Gasteiger partial charge in [-0.3, -0.25) is 4.99 Å². The summed E-state index contributed by atoms with van der Waals surface area (Å²) in [5, 5.41) is 8.27. The molecule has 0 aliphatic carbocycles. The first kappa shape index (κ1) is 16.9. The van der Waals surface area contributed by atoms with Crippen LogP contribution in [0, 0.1) is 0 Å². The molecule has 4 nitrogen and oxygen atoms in total. The lowest BCUT2D eigenvalue weighted by molar-refractivity contribution is 0.0992. The molecule has 2 fully saturated rings. The van der Waals surface area contributed by atoms with Crippen molar-refractivity contribution in [2.45, 2.75) is 50.4 Å². The van der Waals surface area contributed by atoms with Gasteiger partial charge in [0.15, 0.2) is 5.96 Å². The van der Waals surface area contributed by atoms with Crippen LogP contribution in [0.25, 0.3) is 0 Å². The van der Waals surface area contributed by atoms with Gasteiger partial charge < -0.3 is 15.4 Å². The van der Waals surface area contributed by atoms with Gasteiger partial charge in [0, 0.05) is 23.6 Å². The van der Waals surface area contributed by atoms with Crippen molar-refractivity contribution in [3.05, 3.63) is 33.8 Å². The Bertz CT molecular complexity index is 579. The molecule has 0 saturated carbocycles. The van der Waals surface area contributed by atoms with Crippen molar-refractivity contribution in [2.24, 2.45) is 4.99 Å². The van der Waals surface area contributed by atoms with Gasteiger partial charge in [-0.25, -0.2) is 0 Å². The number of guanidine groups is 1. The zero-order valence-corrected chi connectivity index (χ0v) is 14.8. The van der Waals surface area contributed by atoms with Crippen LogP contribution in [0.1, 0.15) is 31.2 Å². The van der Waals surface area contributed by atoms with Crippen LogP contribution in [0.5, 0.6) is 0 Å². The Hall–Kier alpha value is -0.970. The first-order chi connectivity index (χ1) is 11.2. The second-order valence-corrected chi connectivity index (χ2v) is 7.04. The molecular weight excluding hydrogens is 333 g/mol. The first-order valence-electron chi connectivity index (χ1n) is 8.22. The van der Waals surface area contributed by atoms with Gasteiger partial charge in [-0.2, -0.15) is 0 Å². The van der Waals surface area contributed by atoms with E-state index in [1.165, 1.54) is 6.42 Å². The van der Waals surface area contributed by atoms with Crippen molar-refractivity contribution in [3.8, 4) is 0 Å². The van der Waals surface area contributed by atoms with Gasteiger partial charge in [-0.1, -0.05) is 29.3 Å². The van der Waals surface area contributed by atoms with E-state index in [0.717, 1.165) is 48.8 Å². The fourth-order valence-corrected chi connectivity index (χ4v) is 3.87. The Morgan fingerprint density at radius 2 is 2.22 bits per heavy atom. The monoisotopic (exact) mass is 355 g/mol. The van der Waals surface area contributed by atoms with Crippen LogP contribution < -0.4 is 10.6 Å². The van der Waals surface area contributed by atoms with E-state index < -0.39 is 0 Å². The molecule has 0 radical (unpaired) electrons. The van der Waals surface area contributed by atoms with Gasteiger partial charge in [0.25, 0.3) is 0 Å². The number of ether oxygens (including phenoxy) is 1. The Labute approximate surface area is 147 Å². The maximum absolute atomic E-state index is 6.19. The molecule has 3 unspecified atom stereocenters. The summed E-state index contributed by atoms with van der Waals surface area (Å²) in [7, 11) is 1.81. The van der Waals surface area contributed by atoms with Gasteiger partial charge in [0.05, 0.1) is 18.2 Å². The highest BCUT2D eigenvalue weighted by Crippen LogP contribution is 2.34. The molecule has 2 bridgehead atoms. The lowest BCUT2D eigenvalue weighted by Gasteiger charge is -2.22. The number of nitrogens with one attached hydrogen (secondary N) is 2. The average Bonchev–Trinajstić information content (AvgIpc) is 3.14. The third kappa shape index (κ3) is 4.31. The molecule has 0 amide bonds. The van der Waals surface area contributed by atoms with Gasteiger partial charge in [0.1, 0.15) is 0 Å². The molecule has 126 valence electrons. The zero-order chi connectivity index (χ0) is 16.2. The van der Waals surface area contributed by atoms with Crippen LogP contribution in [0.2, 0.25) is 10.0 Å². The first-order valence-corrected chi connectivity index (χ1v) is 8.98. The quantitative estimate of drug-likeness (QED) is 0.483. The maximum Gasteiger partial charge on any atom is 0.191 e. The normalized spacial score (nSPS) is 26.6. The van der Waals surface area contributed by atoms with E-state index in [1.54, 1.807) is 13.1 Å². The van der Waals surface area contributed by atoms with E-state index in [2.05, 4.69) is 15.6 Å². The van der Waals surface area contributed by atoms with Gasteiger partial charge in [-0.15, -0.1) is 0 Å². The summed E-state index contributed by atoms with van der Waals surface area (Å²) < 4.78 is 5.87. The lowest BCUT2D eigenvalue weighted by atomic mass is 9.96. The Morgan fingerprint density at radius 1 is 1.35 bits per heavy atom. The standard InChI is InChI=1S/C17H23Cl2N3O/c1-20-17(22-15-10-13-6-7-16(15)23-13)21-8-2-3-11-4-5-12(18)9-14(11)19/h4-5,9,13,15-16H,2-3,6-8,10H2,1H3,(H2,20,21,22). The zero-order valence-electron chi connectivity index (χ0n) is 13.3. The molecule has 2 N–H and O–H groups in total. The number of fused-ring (bicyclic) bond motifs is 2. The average molecular weight is 356 g/mol. The van der Waals surface area contributed by atoms with E-state index >= 15 is 0 Å². The van der Waals surface area contributed by atoms with E-state index in [9.17, 15) is 0 Å². The minimum atomic E-state index is 0.353. The number of rotatable bonds is 5. The van der Waals surface area contributed by atoms with Crippen LogP contribution in [-0.2, 0) is 11.2 Å². The molecule has 2 aliphatic heterocycles. The van der Waals surface area contributed by atoms with E-state index in [-0.39, 0.29) is 0 Å². The van der Waals surface area contributed by atoms with Gasteiger partial charge >= 0.3 is 0 Å². The number of halogens is 2. The maximum atomic E-state index is 6.19. The van der Waals surface area contributed by atoms with Crippen molar-refractivity contribution in [1.82, 2.24) is 10.6 Å². The molecule has 2 aliphatic rings. The second kappa shape index (κ2) is 7.73. The fourth-order valence-electron chi connectivity index (χ4n) is 3.37. The highest BCUT2D eigenvalue weighted by molar-refractivity contribution is 6.35. The van der Waals surface area contributed by atoms with Crippen molar-refractivity contribution in [2.75, 3.05) is 13.6 Å². The van der Waals surface area contributed by atoms with Crippen molar-refractivity contribution in [1.29, 1.82) is 0 Å². The van der Waals surface area contributed by atoms with E-state index in [0.29, 0.717) is 23.3 Å². The molecule has 0 aromatic heterocycles. The lowest BCUT2D eigenvalue weighted by Crippen LogP contribution is -2.47. The molecule has 23 heavy (non-hydrogen) atoms. The third-order valence-electron chi connectivity index (χ3n) is 4.58. The fraction of sp³-hybridized carbons (Fsp3) is 0.588. The number of benzene rings is 1. The molecule has 1 aromatic carbocycles. The van der Waals surface area contributed by atoms with E-state index in [1.807, 2.05) is 12.1 Å². The Balaban J connectivity index is 1.40. The smallest absolute Gasteiger partial charge is 0.191 e. The predicted molar refractivity (Wildman–Crippen MR) is 95.6 cm³/mol. The highest BCUT2D eigenvalue weighted by atomic mass is 35.5. The van der Waals surface area contributed by atoms with Gasteiger partial charge in [-0.05, 0) is 49.8 Å². The largest absolute Gasteiger partial charge is 0.373 e. The Morgan fingerprint density at radius 3 is 2.87 bits per heavy atom. The molecule has 1 aromatic rings. The molecule has 0 spiro atoms. The van der Waals surface area contributed by atoms with Crippen molar-refractivity contribution in [3.63, 3.8) is 0 Å². The summed E-state index contributed by atoms with van der Waals surface area (Å²) in [6.45, 7) is 0.848. The van der Waals surface area contributed by atoms with Crippen molar-refractivity contribution >= 4 is 29.2 Å². The molecule has 6 heteroatoms.